The zero-order valence-corrected chi connectivity index (χ0v) is 16.4. The Labute approximate surface area is 164 Å². The number of hydrogen-bond donors (Lipinski definition) is 0. The van der Waals surface area contributed by atoms with E-state index in [4.69, 9.17) is 0 Å². The van der Waals surface area contributed by atoms with Gasteiger partial charge in [-0.15, -0.1) is 0 Å². The molecule has 3 aromatic heterocycles. The topological polar surface area (TPSA) is 62.2 Å². The first kappa shape index (κ1) is 18.1. The highest BCUT2D eigenvalue weighted by atomic mass is 16.2. The molecular formula is C22H23N5O. The molecule has 4 heterocycles. The summed E-state index contributed by atoms with van der Waals surface area (Å²) in [5, 5.41) is 0. The van der Waals surface area contributed by atoms with Gasteiger partial charge in [0.05, 0.1) is 11.3 Å². The number of aromatic nitrogens is 3. The molecule has 0 bridgehead atoms. The maximum Gasteiger partial charge on any atom is 0.261 e. The first-order valence-corrected chi connectivity index (χ1v) is 9.49. The summed E-state index contributed by atoms with van der Waals surface area (Å²) in [6, 6.07) is 9.87. The number of rotatable bonds is 4. The summed E-state index contributed by atoms with van der Waals surface area (Å²) >= 11 is 0. The molecule has 0 N–H and O–H groups in total. The summed E-state index contributed by atoms with van der Waals surface area (Å²) in [5.74, 6) is 1.36. The molecule has 0 atom stereocenters. The molecule has 28 heavy (non-hydrogen) atoms. The van der Waals surface area contributed by atoms with Crippen molar-refractivity contribution in [1.29, 1.82) is 0 Å². The van der Waals surface area contributed by atoms with E-state index >= 15 is 0 Å². The molecule has 0 radical (unpaired) electrons. The first-order valence-electron chi connectivity index (χ1n) is 9.49. The number of carbonyl (C=O) groups excluding carboxylic acids is 1. The minimum absolute atomic E-state index is 0.0608. The molecule has 0 aromatic carbocycles. The van der Waals surface area contributed by atoms with Gasteiger partial charge in [0, 0.05) is 37.9 Å². The van der Waals surface area contributed by atoms with E-state index in [0.717, 1.165) is 35.6 Å². The molecule has 0 saturated heterocycles. The van der Waals surface area contributed by atoms with Gasteiger partial charge in [0.15, 0.2) is 5.82 Å². The highest BCUT2D eigenvalue weighted by Crippen LogP contribution is 2.37. The van der Waals surface area contributed by atoms with Crippen LogP contribution >= 0.6 is 0 Å². The van der Waals surface area contributed by atoms with Crippen molar-refractivity contribution in [3.63, 3.8) is 0 Å². The number of amides is 1. The summed E-state index contributed by atoms with van der Waals surface area (Å²) < 4.78 is 0. The molecule has 4 rings (SSSR count). The van der Waals surface area contributed by atoms with Crippen molar-refractivity contribution in [3.8, 4) is 0 Å². The second-order valence-electron chi connectivity index (χ2n) is 6.97. The fourth-order valence-electron chi connectivity index (χ4n) is 3.61. The lowest BCUT2D eigenvalue weighted by Crippen LogP contribution is -2.25. The third kappa shape index (κ3) is 3.22. The molecule has 0 aliphatic carbocycles. The van der Waals surface area contributed by atoms with Crippen LogP contribution in [0, 0.1) is 6.92 Å². The fraction of sp³-hybridized carbons (Fsp3) is 0.273. The van der Waals surface area contributed by atoms with Crippen molar-refractivity contribution in [1.82, 2.24) is 15.0 Å². The van der Waals surface area contributed by atoms with Crippen LogP contribution in [0.1, 0.15) is 34.1 Å². The van der Waals surface area contributed by atoms with Gasteiger partial charge in [-0.05, 0) is 68.1 Å². The SMILES string of the molecule is CCN1c2ncc(CCc3ccnc(C)c3)cc2C(=O)N(C)c2cccnc21. The van der Waals surface area contributed by atoms with E-state index in [9.17, 15) is 4.79 Å². The highest BCUT2D eigenvalue weighted by Gasteiger charge is 2.30. The third-order valence-corrected chi connectivity index (χ3v) is 5.08. The van der Waals surface area contributed by atoms with Crippen molar-refractivity contribution < 1.29 is 4.79 Å². The van der Waals surface area contributed by atoms with Gasteiger partial charge in [-0.2, -0.15) is 0 Å². The third-order valence-electron chi connectivity index (χ3n) is 5.08. The Kier molecular flexibility index (Phi) is 4.77. The highest BCUT2D eigenvalue weighted by molar-refractivity contribution is 6.12. The number of fused-ring (bicyclic) bond motifs is 2. The molecule has 6 nitrogen and oxygen atoms in total. The molecule has 1 aliphatic rings. The maximum atomic E-state index is 13.2. The number of aryl methyl sites for hydroxylation is 3. The molecule has 0 unspecified atom stereocenters. The van der Waals surface area contributed by atoms with Crippen LogP contribution < -0.4 is 9.80 Å². The summed E-state index contributed by atoms with van der Waals surface area (Å²) in [6.45, 7) is 4.72. The van der Waals surface area contributed by atoms with Crippen LogP contribution in [0.15, 0.2) is 48.9 Å². The van der Waals surface area contributed by atoms with E-state index in [1.165, 1.54) is 5.56 Å². The van der Waals surface area contributed by atoms with E-state index in [0.29, 0.717) is 17.9 Å². The van der Waals surface area contributed by atoms with E-state index in [1.807, 2.05) is 55.4 Å². The zero-order valence-electron chi connectivity index (χ0n) is 16.4. The van der Waals surface area contributed by atoms with E-state index < -0.39 is 0 Å². The minimum Gasteiger partial charge on any atom is -0.309 e. The average Bonchev–Trinajstić information content (AvgIpc) is 2.80. The van der Waals surface area contributed by atoms with Crippen molar-refractivity contribution in [2.45, 2.75) is 26.7 Å². The summed E-state index contributed by atoms with van der Waals surface area (Å²) in [4.78, 5) is 30.2. The van der Waals surface area contributed by atoms with Gasteiger partial charge < -0.3 is 9.80 Å². The molecule has 1 aliphatic heterocycles. The number of pyridine rings is 3. The van der Waals surface area contributed by atoms with Crippen LogP contribution in [-0.4, -0.2) is 34.5 Å². The van der Waals surface area contributed by atoms with Gasteiger partial charge in [0.1, 0.15) is 5.82 Å². The number of nitrogens with zero attached hydrogens (tertiary/aromatic N) is 5. The Balaban J connectivity index is 1.69. The van der Waals surface area contributed by atoms with Gasteiger partial charge in [-0.1, -0.05) is 0 Å². The minimum atomic E-state index is -0.0608. The Morgan fingerprint density at radius 3 is 2.57 bits per heavy atom. The molecule has 142 valence electrons. The Morgan fingerprint density at radius 2 is 1.79 bits per heavy atom. The molecule has 1 amide bonds. The standard InChI is InChI=1S/C22H23N5O/c1-4-27-20-18(22(28)26(3)19-6-5-10-24-21(19)27)13-17(14-25-20)8-7-16-9-11-23-15(2)12-16/h5-6,9-14H,4,7-8H2,1-3H3. The van der Waals surface area contributed by atoms with Gasteiger partial charge >= 0.3 is 0 Å². The molecular weight excluding hydrogens is 350 g/mol. The Hall–Kier alpha value is -3.28. The predicted octanol–water partition coefficient (Wildman–Crippen LogP) is 3.71. The second-order valence-corrected chi connectivity index (χ2v) is 6.97. The van der Waals surface area contributed by atoms with E-state index in [-0.39, 0.29) is 5.91 Å². The monoisotopic (exact) mass is 373 g/mol. The lowest BCUT2D eigenvalue weighted by molar-refractivity contribution is 0.0994. The lowest BCUT2D eigenvalue weighted by atomic mass is 10.0. The average molecular weight is 373 g/mol. The summed E-state index contributed by atoms with van der Waals surface area (Å²) in [5.41, 5.74) is 4.70. The molecule has 0 spiro atoms. The van der Waals surface area contributed by atoms with Crippen LogP contribution in [0.3, 0.4) is 0 Å². The van der Waals surface area contributed by atoms with Crippen LogP contribution in [0.2, 0.25) is 0 Å². The molecule has 6 heteroatoms. The molecule has 0 saturated carbocycles. The van der Waals surface area contributed by atoms with Crippen molar-refractivity contribution in [2.75, 3.05) is 23.4 Å². The quantitative estimate of drug-likeness (QED) is 0.698. The zero-order chi connectivity index (χ0) is 19.7. The van der Waals surface area contributed by atoms with Crippen LogP contribution in [0.5, 0.6) is 0 Å². The Bertz CT molecular complexity index is 1030. The van der Waals surface area contributed by atoms with Gasteiger partial charge in [0.2, 0.25) is 0 Å². The van der Waals surface area contributed by atoms with Crippen LogP contribution in [0.25, 0.3) is 0 Å². The Morgan fingerprint density at radius 1 is 0.964 bits per heavy atom. The molecule has 3 aromatic rings. The summed E-state index contributed by atoms with van der Waals surface area (Å²) in [6.07, 6.45) is 7.15. The van der Waals surface area contributed by atoms with Crippen LogP contribution in [0.4, 0.5) is 17.3 Å². The molecule has 0 fully saturated rings. The second kappa shape index (κ2) is 7.38. The van der Waals surface area contributed by atoms with Gasteiger partial charge in [-0.25, -0.2) is 9.97 Å². The number of carbonyl (C=O) groups is 1. The van der Waals surface area contributed by atoms with Crippen molar-refractivity contribution in [2.24, 2.45) is 0 Å². The van der Waals surface area contributed by atoms with Crippen LogP contribution in [-0.2, 0) is 12.8 Å². The van der Waals surface area contributed by atoms with Crippen molar-refractivity contribution in [3.05, 3.63) is 71.3 Å². The number of anilines is 3. The predicted molar refractivity (Wildman–Crippen MR) is 110 cm³/mol. The lowest BCUT2D eigenvalue weighted by Gasteiger charge is -2.22. The summed E-state index contributed by atoms with van der Waals surface area (Å²) in [7, 11) is 1.79. The fourth-order valence-corrected chi connectivity index (χ4v) is 3.61. The van der Waals surface area contributed by atoms with Crippen molar-refractivity contribution >= 4 is 23.2 Å². The number of hydrogen-bond acceptors (Lipinski definition) is 5. The van der Waals surface area contributed by atoms with Gasteiger partial charge in [-0.3, -0.25) is 9.78 Å². The first-order chi connectivity index (χ1) is 13.6. The maximum absolute atomic E-state index is 13.2. The normalized spacial score (nSPS) is 13.2. The van der Waals surface area contributed by atoms with E-state index in [1.54, 1.807) is 18.1 Å². The van der Waals surface area contributed by atoms with Gasteiger partial charge in [0.25, 0.3) is 5.91 Å². The van der Waals surface area contributed by atoms with E-state index in [2.05, 4.69) is 21.0 Å². The largest absolute Gasteiger partial charge is 0.309 e. The smallest absolute Gasteiger partial charge is 0.261 e.